The summed E-state index contributed by atoms with van der Waals surface area (Å²) in [5.41, 5.74) is 2.88. The second-order valence-corrected chi connectivity index (χ2v) is 6.45. The Hall–Kier alpha value is -3.08. The third-order valence-electron chi connectivity index (χ3n) is 4.60. The van der Waals surface area contributed by atoms with Crippen LogP contribution in [0.4, 0.5) is 0 Å². The van der Waals surface area contributed by atoms with E-state index in [-0.39, 0.29) is 24.1 Å². The van der Waals surface area contributed by atoms with Gasteiger partial charge in [0.25, 0.3) is 5.56 Å². The van der Waals surface area contributed by atoms with Crippen LogP contribution in [-0.4, -0.2) is 22.4 Å². The molecule has 1 atom stereocenters. The normalized spacial score (nSPS) is 12.0. The van der Waals surface area contributed by atoms with Crippen LogP contribution < -0.4 is 5.56 Å². The summed E-state index contributed by atoms with van der Waals surface area (Å²) in [5, 5.41) is 0. The third kappa shape index (κ3) is 3.77. The maximum atomic E-state index is 12.6. The number of benzene rings is 1. The number of hydrogen-bond donors (Lipinski definition) is 0. The van der Waals surface area contributed by atoms with Crippen LogP contribution in [0.2, 0.25) is 0 Å². The summed E-state index contributed by atoms with van der Waals surface area (Å²) in [7, 11) is 1.71. The van der Waals surface area contributed by atoms with Gasteiger partial charge in [-0.3, -0.25) is 9.59 Å². The van der Waals surface area contributed by atoms with Gasteiger partial charge in [-0.1, -0.05) is 29.8 Å². The van der Waals surface area contributed by atoms with Crippen molar-refractivity contribution in [2.75, 3.05) is 7.05 Å². The second-order valence-electron chi connectivity index (χ2n) is 6.45. The maximum absolute atomic E-state index is 12.6. The molecule has 0 saturated heterocycles. The molecule has 0 aliphatic carbocycles. The minimum atomic E-state index is -0.201. The van der Waals surface area contributed by atoms with Gasteiger partial charge >= 0.3 is 0 Å². The smallest absolute Gasteiger partial charge is 0.251 e. The first-order chi connectivity index (χ1) is 12.5. The highest BCUT2D eigenvalue weighted by atomic mass is 16.3. The van der Waals surface area contributed by atoms with E-state index in [1.165, 1.54) is 16.2 Å². The van der Waals surface area contributed by atoms with Crippen molar-refractivity contribution in [3.05, 3.63) is 82.7 Å². The van der Waals surface area contributed by atoms with E-state index in [0.717, 1.165) is 11.1 Å². The van der Waals surface area contributed by atoms with Crippen LogP contribution in [-0.2, 0) is 11.3 Å². The Labute approximate surface area is 152 Å². The van der Waals surface area contributed by atoms with Crippen molar-refractivity contribution in [2.24, 2.45) is 0 Å². The zero-order valence-corrected chi connectivity index (χ0v) is 15.2. The highest BCUT2D eigenvalue weighted by molar-refractivity contribution is 5.76. The van der Waals surface area contributed by atoms with Crippen molar-refractivity contribution in [3.63, 3.8) is 0 Å². The van der Waals surface area contributed by atoms with Crippen molar-refractivity contribution < 1.29 is 9.21 Å². The molecule has 134 valence electrons. The Morgan fingerprint density at radius 1 is 1.12 bits per heavy atom. The van der Waals surface area contributed by atoms with Gasteiger partial charge in [-0.05, 0) is 43.2 Å². The molecule has 2 aromatic heterocycles. The summed E-state index contributed by atoms with van der Waals surface area (Å²) >= 11 is 0. The van der Waals surface area contributed by atoms with E-state index in [1.54, 1.807) is 36.5 Å². The summed E-state index contributed by atoms with van der Waals surface area (Å²) < 4.78 is 6.81. The second kappa shape index (κ2) is 7.44. The van der Waals surface area contributed by atoms with E-state index in [2.05, 4.69) is 0 Å². The van der Waals surface area contributed by atoms with E-state index < -0.39 is 0 Å². The van der Waals surface area contributed by atoms with Gasteiger partial charge in [0.15, 0.2) is 0 Å². The van der Waals surface area contributed by atoms with Gasteiger partial charge < -0.3 is 13.9 Å². The molecule has 0 bridgehead atoms. The number of carbonyl (C=O) groups is 1. The molecular formula is C21H22N2O3. The number of furan rings is 1. The van der Waals surface area contributed by atoms with E-state index in [1.807, 2.05) is 44.2 Å². The average molecular weight is 350 g/mol. The molecule has 0 aliphatic heterocycles. The van der Waals surface area contributed by atoms with E-state index in [9.17, 15) is 9.59 Å². The number of pyridine rings is 1. The van der Waals surface area contributed by atoms with Crippen LogP contribution in [0.15, 0.2) is 70.2 Å². The number of rotatable bonds is 5. The lowest BCUT2D eigenvalue weighted by Crippen LogP contribution is -2.35. The quantitative estimate of drug-likeness (QED) is 0.706. The van der Waals surface area contributed by atoms with Crippen LogP contribution in [0, 0.1) is 6.92 Å². The molecule has 0 fully saturated rings. The highest BCUT2D eigenvalue weighted by Crippen LogP contribution is 2.20. The van der Waals surface area contributed by atoms with Crippen LogP contribution in [0.1, 0.15) is 24.3 Å². The van der Waals surface area contributed by atoms with Crippen molar-refractivity contribution in [2.45, 2.75) is 26.4 Å². The molecule has 0 radical (unpaired) electrons. The Morgan fingerprint density at radius 2 is 1.81 bits per heavy atom. The van der Waals surface area contributed by atoms with Crippen molar-refractivity contribution >= 4 is 5.91 Å². The molecule has 26 heavy (non-hydrogen) atoms. The van der Waals surface area contributed by atoms with Gasteiger partial charge in [0, 0.05) is 19.3 Å². The number of amides is 1. The van der Waals surface area contributed by atoms with Crippen molar-refractivity contribution in [3.8, 4) is 11.1 Å². The number of carbonyl (C=O) groups excluding carboxylic acids is 1. The average Bonchev–Trinajstić information content (AvgIpc) is 3.17. The highest BCUT2D eigenvalue weighted by Gasteiger charge is 2.20. The first-order valence-corrected chi connectivity index (χ1v) is 8.52. The topological polar surface area (TPSA) is 55.5 Å². The van der Waals surface area contributed by atoms with Crippen LogP contribution >= 0.6 is 0 Å². The van der Waals surface area contributed by atoms with Gasteiger partial charge in [-0.25, -0.2) is 0 Å². The molecule has 5 nitrogen and oxygen atoms in total. The standard InChI is InChI=1S/C21H22N2O3/c1-15-6-8-17(9-7-15)18-10-11-20(24)23(13-18)14-21(25)22(3)16(2)19-5-4-12-26-19/h4-13,16H,14H2,1-3H3. The first-order valence-electron chi connectivity index (χ1n) is 8.52. The molecule has 1 amide bonds. The summed E-state index contributed by atoms with van der Waals surface area (Å²) in [4.78, 5) is 26.4. The Bertz CT molecular complexity index is 940. The zero-order chi connectivity index (χ0) is 18.7. The fourth-order valence-corrected chi connectivity index (χ4v) is 2.76. The van der Waals surface area contributed by atoms with E-state index in [0.29, 0.717) is 5.76 Å². The minimum Gasteiger partial charge on any atom is -0.467 e. The van der Waals surface area contributed by atoms with Crippen LogP contribution in [0.5, 0.6) is 0 Å². The number of aromatic nitrogens is 1. The van der Waals surface area contributed by atoms with E-state index >= 15 is 0 Å². The summed E-state index contributed by atoms with van der Waals surface area (Å²) in [5.74, 6) is 0.554. The molecule has 0 aliphatic rings. The van der Waals surface area contributed by atoms with Crippen LogP contribution in [0.25, 0.3) is 11.1 Å². The Balaban J connectivity index is 1.80. The number of nitrogens with zero attached hydrogens (tertiary/aromatic N) is 2. The van der Waals surface area contributed by atoms with Crippen molar-refractivity contribution in [1.82, 2.24) is 9.47 Å². The van der Waals surface area contributed by atoms with Gasteiger partial charge in [-0.15, -0.1) is 0 Å². The SMILES string of the molecule is Cc1ccc(-c2ccc(=O)n(CC(=O)N(C)C(C)c3ccco3)c2)cc1. The fraction of sp³-hybridized carbons (Fsp3) is 0.238. The molecule has 5 heteroatoms. The lowest BCUT2D eigenvalue weighted by Gasteiger charge is -2.23. The zero-order valence-electron chi connectivity index (χ0n) is 15.2. The lowest BCUT2D eigenvalue weighted by molar-refractivity contribution is -0.132. The van der Waals surface area contributed by atoms with Crippen molar-refractivity contribution in [1.29, 1.82) is 0 Å². The fourth-order valence-electron chi connectivity index (χ4n) is 2.76. The van der Waals surface area contributed by atoms with E-state index in [4.69, 9.17) is 4.42 Å². The monoisotopic (exact) mass is 350 g/mol. The molecule has 1 unspecified atom stereocenters. The predicted octanol–water partition coefficient (Wildman–Crippen LogP) is 3.64. The molecule has 3 aromatic rings. The number of aryl methyl sites for hydroxylation is 1. The van der Waals surface area contributed by atoms with Gasteiger partial charge in [0.1, 0.15) is 12.3 Å². The number of likely N-dealkylation sites (N-methyl/N-ethyl adjacent to an activating group) is 1. The lowest BCUT2D eigenvalue weighted by atomic mass is 10.1. The summed E-state index contributed by atoms with van der Waals surface area (Å²) in [6, 6.07) is 14.8. The molecule has 0 spiro atoms. The van der Waals surface area contributed by atoms with Gasteiger partial charge in [0.05, 0.1) is 12.3 Å². The van der Waals surface area contributed by atoms with Gasteiger partial charge in [0.2, 0.25) is 5.91 Å². The van der Waals surface area contributed by atoms with Gasteiger partial charge in [-0.2, -0.15) is 0 Å². The third-order valence-corrected chi connectivity index (χ3v) is 4.60. The Morgan fingerprint density at radius 3 is 2.46 bits per heavy atom. The first kappa shape index (κ1) is 17.7. The molecular weight excluding hydrogens is 328 g/mol. The largest absolute Gasteiger partial charge is 0.467 e. The summed E-state index contributed by atoms with van der Waals surface area (Å²) in [6.07, 6.45) is 3.32. The maximum Gasteiger partial charge on any atom is 0.251 e. The molecule has 2 heterocycles. The Kier molecular flexibility index (Phi) is 5.07. The minimum absolute atomic E-state index is 0.0138. The predicted molar refractivity (Wildman–Crippen MR) is 101 cm³/mol. The molecule has 0 N–H and O–H groups in total. The molecule has 0 saturated carbocycles. The van der Waals surface area contributed by atoms with Crippen LogP contribution in [0.3, 0.4) is 0 Å². The molecule has 1 aromatic carbocycles. The summed E-state index contributed by atoms with van der Waals surface area (Å²) in [6.45, 7) is 3.90. The number of hydrogen-bond acceptors (Lipinski definition) is 3. The molecule has 3 rings (SSSR count).